The zero-order chi connectivity index (χ0) is 26.9. The van der Waals surface area contributed by atoms with Crippen molar-refractivity contribution in [2.75, 3.05) is 31.3 Å². The number of carbonyl (C=O) groups is 2. The molecule has 2 aromatic rings. The van der Waals surface area contributed by atoms with Crippen LogP contribution in [0.25, 0.3) is 0 Å². The van der Waals surface area contributed by atoms with E-state index in [1.165, 1.54) is 16.3 Å². The Bertz CT molecular complexity index is 1140. The van der Waals surface area contributed by atoms with Crippen molar-refractivity contribution >= 4 is 27.5 Å². The summed E-state index contributed by atoms with van der Waals surface area (Å²) in [5.41, 5.74) is 1.23. The summed E-state index contributed by atoms with van der Waals surface area (Å²) < 4.78 is 36.9. The Balaban J connectivity index is 2.22. The van der Waals surface area contributed by atoms with Gasteiger partial charge in [0.05, 0.1) is 26.2 Å². The van der Waals surface area contributed by atoms with Crippen molar-refractivity contribution in [3.05, 3.63) is 54.1 Å². The molecule has 0 fully saturated rings. The van der Waals surface area contributed by atoms with Crippen molar-refractivity contribution in [3.63, 3.8) is 0 Å². The highest BCUT2D eigenvalue weighted by molar-refractivity contribution is 7.92. The van der Waals surface area contributed by atoms with Crippen molar-refractivity contribution in [3.8, 4) is 11.5 Å². The second-order valence-corrected chi connectivity index (χ2v) is 10.7. The van der Waals surface area contributed by atoms with E-state index >= 15 is 0 Å². The molecule has 10 heteroatoms. The van der Waals surface area contributed by atoms with E-state index in [1.54, 1.807) is 38.3 Å². The molecule has 0 saturated heterocycles. The summed E-state index contributed by atoms with van der Waals surface area (Å²) in [4.78, 5) is 27.6. The third kappa shape index (κ3) is 8.15. The summed E-state index contributed by atoms with van der Waals surface area (Å²) in [5.74, 6) is 0.568. The van der Waals surface area contributed by atoms with Crippen LogP contribution in [0.1, 0.15) is 39.2 Å². The molecule has 1 N–H and O–H groups in total. The van der Waals surface area contributed by atoms with Crippen LogP contribution in [0.15, 0.2) is 48.5 Å². The van der Waals surface area contributed by atoms with Crippen LogP contribution in [0.2, 0.25) is 0 Å². The third-order valence-corrected chi connectivity index (χ3v) is 6.77. The number of para-hydroxylation sites is 2. The number of anilines is 1. The average molecular weight is 520 g/mol. The Hall–Kier alpha value is -3.27. The Kier molecular flexibility index (Phi) is 10.6. The summed E-state index contributed by atoms with van der Waals surface area (Å²) in [6.07, 6.45) is 1.44. The molecular formula is C26H37N3O6S. The van der Waals surface area contributed by atoms with Crippen LogP contribution >= 0.6 is 0 Å². The van der Waals surface area contributed by atoms with Gasteiger partial charge in [-0.3, -0.25) is 13.9 Å². The van der Waals surface area contributed by atoms with E-state index < -0.39 is 16.1 Å². The van der Waals surface area contributed by atoms with E-state index in [-0.39, 0.29) is 43.8 Å². The Morgan fingerprint density at radius 1 is 1.00 bits per heavy atom. The first-order valence-electron chi connectivity index (χ1n) is 11.8. The second-order valence-electron chi connectivity index (χ2n) is 8.82. The smallest absolute Gasteiger partial charge is 0.242 e. The van der Waals surface area contributed by atoms with Gasteiger partial charge in [-0.2, -0.15) is 0 Å². The van der Waals surface area contributed by atoms with Gasteiger partial charge in [-0.05, 0) is 57.0 Å². The molecule has 0 radical (unpaired) electrons. The number of hydrogen-bond donors (Lipinski definition) is 1. The summed E-state index contributed by atoms with van der Waals surface area (Å²) >= 11 is 0. The molecule has 1 atom stereocenters. The standard InChI is InChI=1S/C26H37N3O6S/c1-19(2)27-26(31)20(3)28(18-21-11-9-12-22(17-21)34-4)25(30)15-10-16-29(36(6,32)33)23-13-7-8-14-24(23)35-5/h7-9,11-14,17,19-20H,10,15-16,18H2,1-6H3,(H,27,31)/t20-/m0/s1. The molecule has 0 aliphatic rings. The van der Waals surface area contributed by atoms with Crippen molar-refractivity contribution < 1.29 is 27.5 Å². The van der Waals surface area contributed by atoms with E-state index in [2.05, 4.69) is 5.32 Å². The molecule has 0 heterocycles. The topological polar surface area (TPSA) is 105 Å². The number of nitrogens with zero attached hydrogens (tertiary/aromatic N) is 2. The van der Waals surface area contributed by atoms with E-state index in [4.69, 9.17) is 9.47 Å². The zero-order valence-corrected chi connectivity index (χ0v) is 22.7. The van der Waals surface area contributed by atoms with E-state index in [0.29, 0.717) is 17.2 Å². The van der Waals surface area contributed by atoms with Crippen molar-refractivity contribution in [1.82, 2.24) is 10.2 Å². The molecule has 0 bridgehead atoms. The number of methoxy groups -OCH3 is 2. The lowest BCUT2D eigenvalue weighted by Gasteiger charge is -2.30. The molecule has 0 aromatic heterocycles. The van der Waals surface area contributed by atoms with Crippen LogP contribution in [0.4, 0.5) is 5.69 Å². The fourth-order valence-corrected chi connectivity index (χ4v) is 4.74. The van der Waals surface area contributed by atoms with Crippen molar-refractivity contribution in [2.24, 2.45) is 0 Å². The quantitative estimate of drug-likeness (QED) is 0.436. The summed E-state index contributed by atoms with van der Waals surface area (Å²) in [6.45, 7) is 5.70. The van der Waals surface area contributed by atoms with Gasteiger partial charge in [-0.25, -0.2) is 8.42 Å². The molecule has 0 aliphatic carbocycles. The number of nitrogens with one attached hydrogen (secondary N) is 1. The Labute approximate surface area is 214 Å². The fourth-order valence-electron chi connectivity index (χ4n) is 3.77. The molecule has 0 aliphatic heterocycles. The number of benzene rings is 2. The lowest BCUT2D eigenvalue weighted by molar-refractivity contribution is -0.140. The first kappa shape index (κ1) is 29.0. The van der Waals surface area contributed by atoms with Crippen LogP contribution in [-0.2, 0) is 26.2 Å². The number of rotatable bonds is 13. The van der Waals surface area contributed by atoms with E-state index in [1.807, 2.05) is 38.1 Å². The molecule has 2 aromatic carbocycles. The minimum absolute atomic E-state index is 0.0600. The number of ether oxygens (including phenoxy) is 2. The zero-order valence-electron chi connectivity index (χ0n) is 21.9. The maximum absolute atomic E-state index is 13.3. The lowest BCUT2D eigenvalue weighted by Crippen LogP contribution is -2.49. The van der Waals surface area contributed by atoms with E-state index in [9.17, 15) is 18.0 Å². The SMILES string of the molecule is COc1cccc(CN(C(=O)CCCN(c2ccccc2OC)S(C)(=O)=O)[C@@H](C)C(=O)NC(C)C)c1. The molecule has 198 valence electrons. The highest BCUT2D eigenvalue weighted by Gasteiger charge is 2.27. The normalized spacial score (nSPS) is 12.1. The monoisotopic (exact) mass is 519 g/mol. The predicted octanol–water partition coefficient (Wildman–Crippen LogP) is 3.19. The predicted molar refractivity (Wildman–Crippen MR) is 141 cm³/mol. The second kappa shape index (κ2) is 13.2. The van der Waals surface area contributed by atoms with E-state index in [0.717, 1.165) is 11.8 Å². The number of carbonyl (C=O) groups excluding carboxylic acids is 2. The maximum atomic E-state index is 13.3. The maximum Gasteiger partial charge on any atom is 0.242 e. The highest BCUT2D eigenvalue weighted by Crippen LogP contribution is 2.29. The summed E-state index contributed by atoms with van der Waals surface area (Å²) in [5, 5.41) is 2.86. The number of amides is 2. The minimum atomic E-state index is -3.62. The van der Waals surface area contributed by atoms with Crippen LogP contribution in [0.3, 0.4) is 0 Å². The molecule has 2 rings (SSSR count). The first-order valence-corrected chi connectivity index (χ1v) is 13.7. The molecule has 0 spiro atoms. The van der Waals surface area contributed by atoms with Crippen LogP contribution in [0, 0.1) is 0 Å². The van der Waals surface area contributed by atoms with Crippen LogP contribution in [0.5, 0.6) is 11.5 Å². The molecule has 36 heavy (non-hydrogen) atoms. The van der Waals surface area contributed by atoms with Crippen LogP contribution in [-0.4, -0.2) is 64.2 Å². The number of hydrogen-bond acceptors (Lipinski definition) is 6. The molecular weight excluding hydrogens is 482 g/mol. The summed E-state index contributed by atoms with van der Waals surface area (Å²) in [7, 11) is -0.577. The Morgan fingerprint density at radius 3 is 2.31 bits per heavy atom. The van der Waals surface area contributed by atoms with Gasteiger partial charge >= 0.3 is 0 Å². The van der Waals surface area contributed by atoms with Gasteiger partial charge in [0.15, 0.2) is 0 Å². The average Bonchev–Trinajstić information content (AvgIpc) is 2.83. The molecule has 0 unspecified atom stereocenters. The molecule has 0 saturated carbocycles. The van der Waals surface area contributed by atoms with Gasteiger partial charge < -0.3 is 19.7 Å². The molecule has 9 nitrogen and oxygen atoms in total. The third-order valence-electron chi connectivity index (χ3n) is 5.59. The van der Waals surface area contributed by atoms with Gasteiger partial charge in [0.1, 0.15) is 17.5 Å². The number of sulfonamides is 1. The van der Waals surface area contributed by atoms with Gasteiger partial charge in [0.2, 0.25) is 21.8 Å². The van der Waals surface area contributed by atoms with Gasteiger partial charge in [0, 0.05) is 25.6 Å². The first-order chi connectivity index (χ1) is 17.0. The Morgan fingerprint density at radius 2 is 1.69 bits per heavy atom. The molecule has 2 amide bonds. The van der Waals surface area contributed by atoms with Gasteiger partial charge in [0.25, 0.3) is 0 Å². The lowest BCUT2D eigenvalue weighted by atomic mass is 10.1. The largest absolute Gasteiger partial charge is 0.497 e. The van der Waals surface area contributed by atoms with Crippen molar-refractivity contribution in [2.45, 2.75) is 52.2 Å². The highest BCUT2D eigenvalue weighted by atomic mass is 32.2. The van der Waals surface area contributed by atoms with Gasteiger partial charge in [-0.15, -0.1) is 0 Å². The van der Waals surface area contributed by atoms with Crippen molar-refractivity contribution in [1.29, 1.82) is 0 Å². The minimum Gasteiger partial charge on any atom is -0.497 e. The van der Waals surface area contributed by atoms with Crippen LogP contribution < -0.4 is 19.1 Å². The van der Waals surface area contributed by atoms with Gasteiger partial charge in [-0.1, -0.05) is 24.3 Å². The fraction of sp³-hybridized carbons (Fsp3) is 0.462. The summed E-state index contributed by atoms with van der Waals surface area (Å²) in [6, 6.07) is 13.4.